The summed E-state index contributed by atoms with van der Waals surface area (Å²) in [6.07, 6.45) is 4.55. The highest BCUT2D eigenvalue weighted by Gasteiger charge is 2.30. The number of nitrogens with zero attached hydrogens (tertiary/aromatic N) is 5. The molecule has 1 saturated heterocycles. The molecule has 4 aromatic rings. The number of para-hydroxylation sites is 2. The summed E-state index contributed by atoms with van der Waals surface area (Å²) < 4.78 is 4.05. The van der Waals surface area contributed by atoms with Crippen LogP contribution >= 0.6 is 0 Å². The van der Waals surface area contributed by atoms with Crippen LogP contribution in [0.5, 0.6) is 0 Å². The largest absolute Gasteiger partial charge is 0.336 e. The van der Waals surface area contributed by atoms with Crippen molar-refractivity contribution >= 4 is 16.9 Å². The Bertz CT molecular complexity index is 1140. The van der Waals surface area contributed by atoms with Crippen LogP contribution in [0.3, 0.4) is 0 Å². The molecule has 5 rings (SSSR count). The van der Waals surface area contributed by atoms with Crippen molar-refractivity contribution in [1.29, 1.82) is 0 Å². The summed E-state index contributed by atoms with van der Waals surface area (Å²) in [5.74, 6) is 1.07. The molecule has 1 aliphatic heterocycles. The van der Waals surface area contributed by atoms with Crippen molar-refractivity contribution in [2.75, 3.05) is 13.1 Å². The van der Waals surface area contributed by atoms with Crippen LogP contribution in [-0.2, 0) is 0 Å². The van der Waals surface area contributed by atoms with Crippen LogP contribution in [0.4, 0.5) is 0 Å². The number of imidazole rings is 1. The van der Waals surface area contributed by atoms with Gasteiger partial charge in [-0.3, -0.25) is 4.79 Å². The molecule has 1 unspecified atom stereocenters. The van der Waals surface area contributed by atoms with Crippen molar-refractivity contribution in [3.8, 4) is 5.69 Å². The van der Waals surface area contributed by atoms with Gasteiger partial charge in [0.25, 0.3) is 5.91 Å². The molecule has 1 aliphatic rings. The van der Waals surface area contributed by atoms with E-state index in [0.717, 1.165) is 35.5 Å². The zero-order chi connectivity index (χ0) is 19.1. The highest BCUT2D eigenvalue weighted by molar-refractivity contribution is 5.95. The number of likely N-dealkylation sites (tertiary alicyclic amines) is 1. The van der Waals surface area contributed by atoms with E-state index in [1.807, 2.05) is 66.6 Å². The third kappa shape index (κ3) is 2.78. The lowest BCUT2D eigenvalue weighted by Gasteiger charge is -2.19. The van der Waals surface area contributed by atoms with Gasteiger partial charge in [0.15, 0.2) is 0 Å². The Morgan fingerprint density at radius 3 is 2.86 bits per heavy atom. The van der Waals surface area contributed by atoms with E-state index in [1.54, 1.807) is 10.9 Å². The Morgan fingerprint density at radius 1 is 1.11 bits per heavy atom. The van der Waals surface area contributed by atoms with Gasteiger partial charge in [0, 0.05) is 31.0 Å². The van der Waals surface area contributed by atoms with Gasteiger partial charge in [0.2, 0.25) is 0 Å². The van der Waals surface area contributed by atoms with Gasteiger partial charge >= 0.3 is 0 Å². The topological polar surface area (TPSA) is 56.0 Å². The highest BCUT2D eigenvalue weighted by atomic mass is 16.2. The molecule has 6 nitrogen and oxygen atoms in total. The molecule has 1 fully saturated rings. The number of aromatic nitrogens is 4. The second-order valence-electron chi connectivity index (χ2n) is 7.21. The SMILES string of the molecule is Cc1nc2ccccc2n1C1CCN(C(=O)c2cccc(-n3cccn3)c2)C1. The Hall–Kier alpha value is -3.41. The van der Waals surface area contributed by atoms with Gasteiger partial charge in [-0.2, -0.15) is 5.10 Å². The molecule has 6 heteroatoms. The Balaban J connectivity index is 1.39. The van der Waals surface area contributed by atoms with Crippen LogP contribution in [0.15, 0.2) is 67.0 Å². The van der Waals surface area contributed by atoms with Gasteiger partial charge in [0.1, 0.15) is 5.82 Å². The Labute approximate surface area is 163 Å². The minimum Gasteiger partial charge on any atom is -0.336 e. The number of hydrogen-bond donors (Lipinski definition) is 0. The van der Waals surface area contributed by atoms with E-state index in [9.17, 15) is 4.79 Å². The van der Waals surface area contributed by atoms with Crippen molar-refractivity contribution in [2.45, 2.75) is 19.4 Å². The molecule has 140 valence electrons. The zero-order valence-electron chi connectivity index (χ0n) is 15.7. The van der Waals surface area contributed by atoms with Crippen molar-refractivity contribution in [2.24, 2.45) is 0 Å². The first-order valence-corrected chi connectivity index (χ1v) is 9.53. The van der Waals surface area contributed by atoms with E-state index in [4.69, 9.17) is 0 Å². The molecule has 0 saturated carbocycles. The summed E-state index contributed by atoms with van der Waals surface area (Å²) >= 11 is 0. The lowest BCUT2D eigenvalue weighted by atomic mass is 10.2. The van der Waals surface area contributed by atoms with E-state index in [2.05, 4.69) is 20.7 Å². The minimum atomic E-state index is 0.0681. The number of fused-ring (bicyclic) bond motifs is 1. The molecule has 0 spiro atoms. The summed E-state index contributed by atoms with van der Waals surface area (Å²) in [7, 11) is 0. The van der Waals surface area contributed by atoms with Crippen molar-refractivity contribution in [3.05, 3.63) is 78.4 Å². The van der Waals surface area contributed by atoms with E-state index in [1.165, 1.54) is 0 Å². The van der Waals surface area contributed by atoms with E-state index in [-0.39, 0.29) is 11.9 Å². The molecule has 0 radical (unpaired) electrons. The monoisotopic (exact) mass is 371 g/mol. The number of aryl methyl sites for hydroxylation is 1. The summed E-state index contributed by atoms with van der Waals surface area (Å²) in [5, 5.41) is 4.25. The molecule has 0 bridgehead atoms. The molecular formula is C22H21N5O. The maximum Gasteiger partial charge on any atom is 0.254 e. The summed E-state index contributed by atoms with van der Waals surface area (Å²) in [6.45, 7) is 3.49. The summed E-state index contributed by atoms with van der Waals surface area (Å²) in [6, 6.07) is 18.0. The average molecular weight is 371 g/mol. The normalized spacial score (nSPS) is 16.8. The number of carbonyl (C=O) groups is 1. The van der Waals surface area contributed by atoms with E-state index >= 15 is 0 Å². The number of benzene rings is 2. The average Bonchev–Trinajstić information content (AvgIpc) is 3.46. The van der Waals surface area contributed by atoms with Crippen molar-refractivity contribution in [3.63, 3.8) is 0 Å². The van der Waals surface area contributed by atoms with Gasteiger partial charge in [-0.05, 0) is 49.7 Å². The highest BCUT2D eigenvalue weighted by Crippen LogP contribution is 2.29. The second-order valence-corrected chi connectivity index (χ2v) is 7.21. The molecule has 0 aliphatic carbocycles. The standard InChI is InChI=1S/C22H21N5O/c1-16-24-20-8-2-3-9-21(20)27(16)19-10-13-25(15-19)22(28)17-6-4-7-18(14-17)26-12-5-11-23-26/h2-9,11-12,14,19H,10,13,15H2,1H3. The summed E-state index contributed by atoms with van der Waals surface area (Å²) in [4.78, 5) is 19.7. The fourth-order valence-corrected chi connectivity index (χ4v) is 4.15. The van der Waals surface area contributed by atoms with Crippen LogP contribution in [0, 0.1) is 6.92 Å². The Kier molecular flexibility index (Phi) is 3.97. The van der Waals surface area contributed by atoms with Crippen LogP contribution in [0.2, 0.25) is 0 Å². The van der Waals surface area contributed by atoms with Crippen LogP contribution in [-0.4, -0.2) is 43.2 Å². The molecule has 2 aromatic heterocycles. The zero-order valence-corrected chi connectivity index (χ0v) is 15.7. The molecule has 1 amide bonds. The number of carbonyl (C=O) groups excluding carboxylic acids is 1. The van der Waals surface area contributed by atoms with Gasteiger partial charge in [-0.25, -0.2) is 9.67 Å². The molecule has 1 atom stereocenters. The maximum atomic E-state index is 13.1. The fourth-order valence-electron chi connectivity index (χ4n) is 4.15. The first kappa shape index (κ1) is 16.7. The molecule has 3 heterocycles. The van der Waals surface area contributed by atoms with E-state index in [0.29, 0.717) is 12.1 Å². The first-order valence-electron chi connectivity index (χ1n) is 9.53. The number of rotatable bonds is 3. The lowest BCUT2D eigenvalue weighted by molar-refractivity contribution is 0.0787. The number of hydrogen-bond acceptors (Lipinski definition) is 3. The van der Waals surface area contributed by atoms with Gasteiger partial charge in [-0.15, -0.1) is 0 Å². The van der Waals surface area contributed by atoms with Crippen LogP contribution in [0.1, 0.15) is 28.6 Å². The van der Waals surface area contributed by atoms with Crippen molar-refractivity contribution in [1.82, 2.24) is 24.2 Å². The van der Waals surface area contributed by atoms with Gasteiger partial charge in [-0.1, -0.05) is 18.2 Å². The third-order valence-electron chi connectivity index (χ3n) is 5.45. The predicted molar refractivity (Wildman–Crippen MR) is 108 cm³/mol. The molecule has 28 heavy (non-hydrogen) atoms. The molecule has 2 aromatic carbocycles. The predicted octanol–water partition coefficient (Wildman–Crippen LogP) is 3.62. The maximum absolute atomic E-state index is 13.1. The van der Waals surface area contributed by atoms with E-state index < -0.39 is 0 Å². The van der Waals surface area contributed by atoms with Crippen LogP contribution in [0.25, 0.3) is 16.7 Å². The smallest absolute Gasteiger partial charge is 0.254 e. The lowest BCUT2D eigenvalue weighted by Crippen LogP contribution is -2.29. The fraction of sp³-hybridized carbons (Fsp3) is 0.227. The quantitative estimate of drug-likeness (QED) is 0.553. The molecular weight excluding hydrogens is 350 g/mol. The number of amides is 1. The Morgan fingerprint density at radius 2 is 2.00 bits per heavy atom. The molecule has 0 N–H and O–H groups in total. The third-order valence-corrected chi connectivity index (χ3v) is 5.45. The summed E-state index contributed by atoms with van der Waals surface area (Å²) in [5.41, 5.74) is 3.74. The second kappa shape index (κ2) is 6.64. The van der Waals surface area contributed by atoms with Crippen LogP contribution < -0.4 is 0 Å². The van der Waals surface area contributed by atoms with Crippen molar-refractivity contribution < 1.29 is 4.79 Å². The minimum absolute atomic E-state index is 0.0681. The first-order chi connectivity index (χ1) is 13.7. The van der Waals surface area contributed by atoms with Gasteiger partial charge in [0.05, 0.1) is 22.8 Å². The van der Waals surface area contributed by atoms with Gasteiger partial charge < -0.3 is 9.47 Å².